The number of para-hydroxylation sites is 1. The minimum Gasteiger partial charge on any atom is -0.339 e. The topological polar surface area (TPSA) is 48.7 Å². The van der Waals surface area contributed by atoms with Crippen LogP contribution in [0.4, 0.5) is 11.5 Å². The average Bonchev–Trinajstić information content (AvgIpc) is 2.33. The summed E-state index contributed by atoms with van der Waals surface area (Å²) in [5.74, 6) is 0.783. The van der Waals surface area contributed by atoms with Gasteiger partial charge in [-0.15, -0.1) is 0 Å². The third kappa shape index (κ3) is 2.01. The average molecular weight is 209 g/mol. The van der Waals surface area contributed by atoms with E-state index in [1.807, 2.05) is 37.3 Å². The molecule has 2 aromatic rings. The van der Waals surface area contributed by atoms with E-state index in [4.69, 9.17) is 5.26 Å². The number of pyridine rings is 1. The fraction of sp³-hybridized carbons (Fsp3) is 0.0769. The first-order valence-corrected chi connectivity index (χ1v) is 4.99. The van der Waals surface area contributed by atoms with Crippen LogP contribution in [0.15, 0.2) is 42.6 Å². The molecule has 1 aromatic heterocycles. The van der Waals surface area contributed by atoms with Crippen LogP contribution in [0.5, 0.6) is 0 Å². The van der Waals surface area contributed by atoms with Crippen LogP contribution < -0.4 is 5.32 Å². The standard InChI is InChI=1S/C13H11N3/c1-10-5-4-8-15-13(10)16-12-7-3-2-6-11(12)9-14/h2-8H,1H3,(H,15,16). The quantitative estimate of drug-likeness (QED) is 0.827. The van der Waals surface area contributed by atoms with Crippen molar-refractivity contribution in [1.82, 2.24) is 4.98 Å². The Bertz CT molecular complexity index is 541. The molecule has 0 aliphatic carbocycles. The molecule has 3 heteroatoms. The molecule has 0 atom stereocenters. The predicted molar refractivity (Wildman–Crippen MR) is 63.4 cm³/mol. The Morgan fingerprint density at radius 2 is 2.00 bits per heavy atom. The highest BCUT2D eigenvalue weighted by Crippen LogP contribution is 2.20. The minimum absolute atomic E-state index is 0.618. The summed E-state index contributed by atoms with van der Waals surface area (Å²) in [6, 6.07) is 13.4. The van der Waals surface area contributed by atoms with Gasteiger partial charge in [0, 0.05) is 6.20 Å². The van der Waals surface area contributed by atoms with E-state index in [1.165, 1.54) is 0 Å². The van der Waals surface area contributed by atoms with E-state index < -0.39 is 0 Å². The zero-order chi connectivity index (χ0) is 11.4. The van der Waals surface area contributed by atoms with Crippen LogP contribution in [0.1, 0.15) is 11.1 Å². The molecule has 0 saturated carbocycles. The minimum atomic E-state index is 0.618. The molecule has 0 radical (unpaired) electrons. The first-order chi connectivity index (χ1) is 7.81. The zero-order valence-corrected chi connectivity index (χ0v) is 8.94. The number of nitrogens with one attached hydrogen (secondary N) is 1. The van der Waals surface area contributed by atoms with Gasteiger partial charge in [0.25, 0.3) is 0 Å². The van der Waals surface area contributed by atoms with Crippen molar-refractivity contribution in [2.75, 3.05) is 5.32 Å². The van der Waals surface area contributed by atoms with Gasteiger partial charge in [-0.25, -0.2) is 4.98 Å². The lowest BCUT2D eigenvalue weighted by molar-refractivity contribution is 1.25. The van der Waals surface area contributed by atoms with Crippen LogP contribution in [0.3, 0.4) is 0 Å². The predicted octanol–water partition coefficient (Wildman–Crippen LogP) is 3.01. The monoisotopic (exact) mass is 209 g/mol. The molecule has 1 heterocycles. The Labute approximate surface area is 94.4 Å². The van der Waals surface area contributed by atoms with Crippen molar-refractivity contribution in [1.29, 1.82) is 5.26 Å². The molecule has 0 fully saturated rings. The highest BCUT2D eigenvalue weighted by molar-refractivity contribution is 5.65. The van der Waals surface area contributed by atoms with Gasteiger partial charge in [0.15, 0.2) is 0 Å². The molecule has 0 aliphatic rings. The highest BCUT2D eigenvalue weighted by atomic mass is 15.0. The number of nitrogens with zero attached hydrogens (tertiary/aromatic N) is 2. The van der Waals surface area contributed by atoms with Crippen molar-refractivity contribution < 1.29 is 0 Å². The first kappa shape index (κ1) is 10.2. The van der Waals surface area contributed by atoms with Crippen molar-refractivity contribution in [2.24, 2.45) is 0 Å². The lowest BCUT2D eigenvalue weighted by atomic mass is 10.2. The van der Waals surface area contributed by atoms with Gasteiger partial charge in [-0.3, -0.25) is 0 Å². The van der Waals surface area contributed by atoms with Crippen molar-refractivity contribution in [2.45, 2.75) is 6.92 Å². The van der Waals surface area contributed by atoms with Crippen LogP contribution in [0, 0.1) is 18.3 Å². The molecule has 2 rings (SSSR count). The van der Waals surface area contributed by atoms with E-state index in [2.05, 4.69) is 16.4 Å². The van der Waals surface area contributed by atoms with Gasteiger partial charge in [0.05, 0.1) is 11.3 Å². The number of aryl methyl sites for hydroxylation is 1. The molecule has 0 bridgehead atoms. The fourth-order valence-electron chi connectivity index (χ4n) is 1.43. The Morgan fingerprint density at radius 3 is 2.75 bits per heavy atom. The normalized spacial score (nSPS) is 9.50. The van der Waals surface area contributed by atoms with Crippen LogP contribution in [0.25, 0.3) is 0 Å². The Kier molecular flexibility index (Phi) is 2.84. The second-order valence-corrected chi connectivity index (χ2v) is 3.45. The number of hydrogen-bond donors (Lipinski definition) is 1. The summed E-state index contributed by atoms with van der Waals surface area (Å²) in [6.07, 6.45) is 1.73. The summed E-state index contributed by atoms with van der Waals surface area (Å²) in [6.45, 7) is 1.98. The summed E-state index contributed by atoms with van der Waals surface area (Å²) in [4.78, 5) is 4.23. The molecule has 1 aromatic carbocycles. The van der Waals surface area contributed by atoms with E-state index in [0.29, 0.717) is 5.56 Å². The maximum atomic E-state index is 8.96. The van der Waals surface area contributed by atoms with Gasteiger partial charge in [-0.2, -0.15) is 5.26 Å². The van der Waals surface area contributed by atoms with E-state index in [0.717, 1.165) is 17.1 Å². The molecular weight excluding hydrogens is 198 g/mol. The van der Waals surface area contributed by atoms with Crippen molar-refractivity contribution in [3.05, 3.63) is 53.7 Å². The van der Waals surface area contributed by atoms with Gasteiger partial charge < -0.3 is 5.32 Å². The van der Waals surface area contributed by atoms with E-state index in [9.17, 15) is 0 Å². The molecule has 0 unspecified atom stereocenters. The Hall–Kier alpha value is -2.34. The Balaban J connectivity index is 2.35. The lowest BCUT2D eigenvalue weighted by Crippen LogP contribution is -1.97. The number of anilines is 2. The van der Waals surface area contributed by atoms with Crippen molar-refractivity contribution in [3.8, 4) is 6.07 Å². The Morgan fingerprint density at radius 1 is 1.19 bits per heavy atom. The summed E-state index contributed by atoms with van der Waals surface area (Å²) in [5, 5.41) is 12.1. The molecule has 3 nitrogen and oxygen atoms in total. The lowest BCUT2D eigenvalue weighted by Gasteiger charge is -2.08. The summed E-state index contributed by atoms with van der Waals surface area (Å²) < 4.78 is 0. The van der Waals surface area contributed by atoms with E-state index in [1.54, 1.807) is 12.3 Å². The zero-order valence-electron chi connectivity index (χ0n) is 8.94. The number of benzene rings is 1. The number of nitriles is 1. The maximum absolute atomic E-state index is 8.96. The molecule has 78 valence electrons. The van der Waals surface area contributed by atoms with Gasteiger partial charge in [-0.05, 0) is 30.7 Å². The molecule has 1 N–H and O–H groups in total. The van der Waals surface area contributed by atoms with Crippen LogP contribution in [-0.4, -0.2) is 4.98 Å². The number of aromatic nitrogens is 1. The molecule has 16 heavy (non-hydrogen) atoms. The van der Waals surface area contributed by atoms with Gasteiger partial charge >= 0.3 is 0 Å². The van der Waals surface area contributed by atoms with Gasteiger partial charge in [-0.1, -0.05) is 18.2 Å². The molecular formula is C13H11N3. The van der Waals surface area contributed by atoms with Gasteiger partial charge in [0.2, 0.25) is 0 Å². The third-order valence-electron chi connectivity index (χ3n) is 2.31. The van der Waals surface area contributed by atoms with Crippen LogP contribution in [-0.2, 0) is 0 Å². The molecule has 0 saturated heterocycles. The van der Waals surface area contributed by atoms with E-state index >= 15 is 0 Å². The van der Waals surface area contributed by atoms with Crippen molar-refractivity contribution >= 4 is 11.5 Å². The molecule has 0 aliphatic heterocycles. The van der Waals surface area contributed by atoms with Crippen LogP contribution >= 0.6 is 0 Å². The molecule has 0 amide bonds. The second kappa shape index (κ2) is 4.45. The summed E-state index contributed by atoms with van der Waals surface area (Å²) in [7, 11) is 0. The number of hydrogen-bond acceptors (Lipinski definition) is 3. The molecule has 0 spiro atoms. The highest BCUT2D eigenvalue weighted by Gasteiger charge is 2.03. The fourth-order valence-corrected chi connectivity index (χ4v) is 1.43. The van der Waals surface area contributed by atoms with Gasteiger partial charge in [0.1, 0.15) is 11.9 Å². The summed E-state index contributed by atoms with van der Waals surface area (Å²) in [5.41, 5.74) is 2.45. The number of rotatable bonds is 2. The largest absolute Gasteiger partial charge is 0.339 e. The maximum Gasteiger partial charge on any atom is 0.133 e. The second-order valence-electron chi connectivity index (χ2n) is 3.45. The van der Waals surface area contributed by atoms with E-state index in [-0.39, 0.29) is 0 Å². The van der Waals surface area contributed by atoms with Crippen molar-refractivity contribution in [3.63, 3.8) is 0 Å². The first-order valence-electron chi connectivity index (χ1n) is 4.99. The summed E-state index contributed by atoms with van der Waals surface area (Å²) >= 11 is 0. The third-order valence-corrected chi connectivity index (χ3v) is 2.31. The SMILES string of the molecule is Cc1cccnc1Nc1ccccc1C#N. The van der Waals surface area contributed by atoms with Crippen LogP contribution in [0.2, 0.25) is 0 Å². The smallest absolute Gasteiger partial charge is 0.133 e.